The topological polar surface area (TPSA) is 82.1 Å². The molecular formula is C17H18BrNO6S. The molecule has 1 atom stereocenters. The number of ether oxygens (including phenoxy) is 3. The summed E-state index contributed by atoms with van der Waals surface area (Å²) in [5.74, 6) is -0.155. The number of amides is 2. The summed E-state index contributed by atoms with van der Waals surface area (Å²) in [6.45, 7) is 3.30. The summed E-state index contributed by atoms with van der Waals surface area (Å²) in [6.07, 6.45) is 1.56. The molecule has 0 bridgehead atoms. The number of halogens is 1. The molecule has 1 aromatic rings. The molecule has 2 amide bonds. The Hall–Kier alpha value is -2.00. The lowest BCUT2D eigenvalue weighted by atomic mass is 10.1. The molecule has 0 saturated carbocycles. The van der Waals surface area contributed by atoms with E-state index in [2.05, 4.69) is 15.9 Å². The van der Waals surface area contributed by atoms with Gasteiger partial charge in [-0.05, 0) is 65.3 Å². The lowest BCUT2D eigenvalue weighted by Gasteiger charge is -2.19. The normalized spacial score (nSPS) is 16.8. The molecule has 0 aromatic heterocycles. The highest BCUT2D eigenvalue weighted by Gasteiger charge is 2.41. The number of thioether (sulfide) groups is 1. The van der Waals surface area contributed by atoms with Crippen LogP contribution >= 0.6 is 27.7 Å². The van der Waals surface area contributed by atoms with Crippen LogP contribution in [0, 0.1) is 0 Å². The fourth-order valence-electron chi connectivity index (χ4n) is 2.35. The third-order valence-electron chi connectivity index (χ3n) is 3.59. The molecule has 1 aliphatic rings. The Morgan fingerprint density at radius 3 is 2.58 bits per heavy atom. The minimum absolute atomic E-state index is 0.175. The van der Waals surface area contributed by atoms with E-state index in [1.807, 2.05) is 0 Å². The van der Waals surface area contributed by atoms with Crippen LogP contribution in [0.2, 0.25) is 0 Å². The maximum Gasteiger partial charge on any atom is 0.329 e. The second-order valence-corrected chi connectivity index (χ2v) is 7.07. The number of rotatable bonds is 6. The number of hydrogen-bond acceptors (Lipinski definition) is 7. The van der Waals surface area contributed by atoms with Crippen molar-refractivity contribution in [3.05, 3.63) is 27.1 Å². The van der Waals surface area contributed by atoms with Crippen LogP contribution in [0.15, 0.2) is 21.5 Å². The molecule has 0 aliphatic carbocycles. The van der Waals surface area contributed by atoms with Crippen molar-refractivity contribution in [2.24, 2.45) is 0 Å². The van der Waals surface area contributed by atoms with Crippen molar-refractivity contribution >= 4 is 50.9 Å². The van der Waals surface area contributed by atoms with Crippen molar-refractivity contribution in [3.8, 4) is 11.5 Å². The molecule has 0 spiro atoms. The molecule has 1 aromatic carbocycles. The monoisotopic (exact) mass is 443 g/mol. The first-order valence-electron chi connectivity index (χ1n) is 7.69. The van der Waals surface area contributed by atoms with Gasteiger partial charge in [-0.25, -0.2) is 4.79 Å². The van der Waals surface area contributed by atoms with Gasteiger partial charge in [0.1, 0.15) is 6.04 Å². The summed E-state index contributed by atoms with van der Waals surface area (Å²) in [7, 11) is 3.02. The van der Waals surface area contributed by atoms with Crippen LogP contribution < -0.4 is 9.47 Å². The minimum atomic E-state index is -0.981. The fourth-order valence-corrected chi connectivity index (χ4v) is 3.88. The van der Waals surface area contributed by atoms with Gasteiger partial charge in [0.05, 0.1) is 30.2 Å². The largest absolute Gasteiger partial charge is 0.493 e. The quantitative estimate of drug-likeness (QED) is 0.491. The average molecular weight is 444 g/mol. The predicted octanol–water partition coefficient (Wildman–Crippen LogP) is 3.45. The van der Waals surface area contributed by atoms with Crippen molar-refractivity contribution in [2.75, 3.05) is 20.8 Å². The van der Waals surface area contributed by atoms with E-state index >= 15 is 0 Å². The van der Waals surface area contributed by atoms with Gasteiger partial charge in [0.15, 0.2) is 11.5 Å². The average Bonchev–Trinajstić information content (AvgIpc) is 2.87. The molecular weight excluding hydrogens is 426 g/mol. The molecule has 1 heterocycles. The van der Waals surface area contributed by atoms with Crippen LogP contribution in [0.3, 0.4) is 0 Å². The van der Waals surface area contributed by atoms with Crippen LogP contribution in [0.25, 0.3) is 6.08 Å². The van der Waals surface area contributed by atoms with E-state index in [9.17, 15) is 14.4 Å². The smallest absolute Gasteiger partial charge is 0.329 e. The first kappa shape index (κ1) is 20.3. The second kappa shape index (κ2) is 8.59. The SMILES string of the molecule is CCOC(=O)[C@@H](C)N1C(=O)S/C(=C/c2cc(Br)c(OC)c(OC)c2)C1=O. The lowest BCUT2D eigenvalue weighted by Crippen LogP contribution is -2.42. The third kappa shape index (κ3) is 4.04. The van der Waals surface area contributed by atoms with Gasteiger partial charge in [-0.2, -0.15) is 0 Å². The highest BCUT2D eigenvalue weighted by Crippen LogP contribution is 2.39. The summed E-state index contributed by atoms with van der Waals surface area (Å²) in [5.41, 5.74) is 0.642. The molecule has 0 unspecified atom stereocenters. The Bertz CT molecular complexity index is 779. The first-order valence-corrected chi connectivity index (χ1v) is 9.30. The maximum absolute atomic E-state index is 12.6. The number of methoxy groups -OCH3 is 2. The molecule has 26 heavy (non-hydrogen) atoms. The minimum Gasteiger partial charge on any atom is -0.493 e. The summed E-state index contributed by atoms with van der Waals surface area (Å²) < 4.78 is 16.1. The van der Waals surface area contributed by atoms with Crippen LogP contribution in [-0.2, 0) is 14.3 Å². The first-order chi connectivity index (χ1) is 12.3. The number of carbonyl (C=O) groups is 3. The number of carbonyl (C=O) groups excluding carboxylic acids is 3. The summed E-state index contributed by atoms with van der Waals surface area (Å²) in [6, 6.07) is 2.45. The van der Waals surface area contributed by atoms with Gasteiger partial charge in [-0.3, -0.25) is 14.5 Å². The maximum atomic E-state index is 12.6. The molecule has 7 nitrogen and oxygen atoms in total. The van der Waals surface area contributed by atoms with Gasteiger partial charge in [-0.15, -0.1) is 0 Å². The Kier molecular flexibility index (Phi) is 6.71. The Morgan fingerprint density at radius 2 is 2.00 bits per heavy atom. The van der Waals surface area contributed by atoms with Crippen LogP contribution in [0.5, 0.6) is 11.5 Å². The second-order valence-electron chi connectivity index (χ2n) is 5.22. The zero-order valence-electron chi connectivity index (χ0n) is 14.7. The van der Waals surface area contributed by atoms with Gasteiger partial charge < -0.3 is 14.2 Å². The number of nitrogens with zero attached hydrogens (tertiary/aromatic N) is 1. The Balaban J connectivity index is 2.33. The lowest BCUT2D eigenvalue weighted by molar-refractivity contribution is -0.150. The van der Waals surface area contributed by atoms with E-state index in [4.69, 9.17) is 14.2 Å². The molecule has 0 N–H and O–H groups in total. The predicted molar refractivity (Wildman–Crippen MR) is 101 cm³/mol. The third-order valence-corrected chi connectivity index (χ3v) is 5.06. The highest BCUT2D eigenvalue weighted by atomic mass is 79.9. The van der Waals surface area contributed by atoms with Gasteiger partial charge in [0.2, 0.25) is 0 Å². The van der Waals surface area contributed by atoms with E-state index in [0.717, 1.165) is 16.7 Å². The molecule has 1 saturated heterocycles. The van der Waals surface area contributed by atoms with Crippen molar-refractivity contribution in [1.82, 2.24) is 4.90 Å². The Labute approximate surface area is 163 Å². The molecule has 0 radical (unpaired) electrons. The van der Waals surface area contributed by atoms with Gasteiger partial charge >= 0.3 is 5.97 Å². The summed E-state index contributed by atoms with van der Waals surface area (Å²) in [4.78, 5) is 37.7. The van der Waals surface area contributed by atoms with E-state index in [1.165, 1.54) is 21.1 Å². The van der Waals surface area contributed by atoms with E-state index in [-0.39, 0.29) is 11.5 Å². The van der Waals surface area contributed by atoms with Crippen LogP contribution in [-0.4, -0.2) is 48.9 Å². The van der Waals surface area contributed by atoms with Crippen molar-refractivity contribution < 1.29 is 28.6 Å². The number of esters is 1. The standard InChI is InChI=1S/C17H18BrNO6S/c1-5-25-16(21)9(2)19-15(20)13(26-17(19)22)8-10-6-11(18)14(24-4)12(7-10)23-3/h6-9H,5H2,1-4H3/b13-8+/t9-/m1/s1. The van der Waals surface area contributed by atoms with Crippen molar-refractivity contribution in [2.45, 2.75) is 19.9 Å². The van der Waals surface area contributed by atoms with Gasteiger partial charge in [0.25, 0.3) is 11.1 Å². The molecule has 9 heteroatoms. The zero-order chi connectivity index (χ0) is 19.4. The number of imide groups is 1. The highest BCUT2D eigenvalue weighted by molar-refractivity contribution is 9.10. The molecule has 2 rings (SSSR count). The van der Waals surface area contributed by atoms with Crippen molar-refractivity contribution in [3.63, 3.8) is 0 Å². The van der Waals surface area contributed by atoms with Crippen molar-refractivity contribution in [1.29, 1.82) is 0 Å². The Morgan fingerprint density at radius 1 is 1.31 bits per heavy atom. The summed E-state index contributed by atoms with van der Waals surface area (Å²) >= 11 is 4.16. The molecule has 1 fully saturated rings. The number of benzene rings is 1. The van der Waals surface area contributed by atoms with E-state index in [1.54, 1.807) is 25.1 Å². The fraction of sp³-hybridized carbons (Fsp3) is 0.353. The van der Waals surface area contributed by atoms with E-state index in [0.29, 0.717) is 21.5 Å². The molecule has 140 valence electrons. The number of hydrogen-bond donors (Lipinski definition) is 0. The van der Waals surface area contributed by atoms with Gasteiger partial charge in [-0.1, -0.05) is 0 Å². The van der Waals surface area contributed by atoms with E-state index < -0.39 is 23.2 Å². The van der Waals surface area contributed by atoms with Crippen LogP contribution in [0.4, 0.5) is 4.79 Å². The van der Waals surface area contributed by atoms with Gasteiger partial charge in [0, 0.05) is 0 Å². The summed E-state index contributed by atoms with van der Waals surface area (Å²) in [5, 5.41) is -0.513. The zero-order valence-corrected chi connectivity index (χ0v) is 17.1. The molecule has 1 aliphatic heterocycles. The van der Waals surface area contributed by atoms with Crippen LogP contribution in [0.1, 0.15) is 19.4 Å².